The number of rotatable bonds is 3. The molecule has 8 heteroatoms. The molecule has 1 aromatic rings. The average Bonchev–Trinajstić information content (AvgIpc) is 2.87. The zero-order valence-electron chi connectivity index (χ0n) is 14.3. The van der Waals surface area contributed by atoms with Crippen molar-refractivity contribution in [3.8, 4) is 0 Å². The van der Waals surface area contributed by atoms with E-state index in [1.807, 2.05) is 18.7 Å². The zero-order chi connectivity index (χ0) is 18.3. The van der Waals surface area contributed by atoms with E-state index in [-0.39, 0.29) is 5.69 Å². The molecule has 0 saturated heterocycles. The minimum absolute atomic E-state index is 0.0198. The van der Waals surface area contributed by atoms with E-state index in [4.69, 9.17) is 4.74 Å². The normalized spacial score (nSPS) is 19.8. The molecule has 0 saturated carbocycles. The van der Waals surface area contributed by atoms with Gasteiger partial charge >= 0.3 is 5.97 Å². The number of nitro benzene ring substituents is 1. The molecule has 2 aliphatic rings. The number of ether oxygens (including phenoxy) is 1. The second kappa shape index (κ2) is 6.36. The number of benzene rings is 1. The summed E-state index contributed by atoms with van der Waals surface area (Å²) in [7, 11) is 1.32. The minimum atomic E-state index is -0.509. The number of non-ortho nitro benzene ring substituents is 1. The van der Waals surface area contributed by atoms with Gasteiger partial charge in [-0.05, 0) is 26.3 Å². The van der Waals surface area contributed by atoms with Crippen molar-refractivity contribution in [3.63, 3.8) is 0 Å². The number of nitro groups is 1. The molecule has 0 spiro atoms. The number of thioether (sulfide) groups is 1. The number of hydrogen-bond acceptors (Lipinski definition) is 7. The van der Waals surface area contributed by atoms with Crippen LogP contribution in [-0.4, -0.2) is 28.1 Å². The number of allylic oxidation sites excluding steroid dienone is 3. The molecule has 0 bridgehead atoms. The van der Waals surface area contributed by atoms with Crippen LogP contribution in [0.2, 0.25) is 0 Å². The highest BCUT2D eigenvalue weighted by molar-refractivity contribution is 8.17. The van der Waals surface area contributed by atoms with Crippen molar-refractivity contribution in [1.29, 1.82) is 0 Å². The first-order valence-electron chi connectivity index (χ1n) is 7.61. The standard InChI is InChI=1S/C17H17N3O4S/c1-9-14(16(21)24-4)15(12-6-5-7-13(8-12)20(22)23)19-10(2)11(3)25-17(19)18-9/h5-8,15H,1-4H3. The van der Waals surface area contributed by atoms with E-state index in [9.17, 15) is 14.9 Å². The maximum atomic E-state index is 12.4. The van der Waals surface area contributed by atoms with E-state index < -0.39 is 16.9 Å². The van der Waals surface area contributed by atoms with Gasteiger partial charge in [0.1, 0.15) is 0 Å². The summed E-state index contributed by atoms with van der Waals surface area (Å²) >= 11 is 1.53. The molecule has 0 fully saturated rings. The highest BCUT2D eigenvalue weighted by atomic mass is 32.2. The highest BCUT2D eigenvalue weighted by Gasteiger charge is 2.41. The van der Waals surface area contributed by atoms with Gasteiger partial charge in [0.2, 0.25) is 0 Å². The second-order valence-electron chi connectivity index (χ2n) is 5.75. The molecule has 0 amide bonds. The lowest BCUT2D eigenvalue weighted by Gasteiger charge is -2.35. The van der Waals surface area contributed by atoms with Crippen molar-refractivity contribution in [2.45, 2.75) is 26.8 Å². The van der Waals surface area contributed by atoms with Crippen molar-refractivity contribution in [2.75, 3.05) is 7.11 Å². The van der Waals surface area contributed by atoms with Crippen molar-refractivity contribution in [2.24, 2.45) is 4.99 Å². The van der Waals surface area contributed by atoms with Crippen molar-refractivity contribution in [3.05, 3.63) is 61.8 Å². The van der Waals surface area contributed by atoms with E-state index in [1.54, 1.807) is 19.1 Å². The van der Waals surface area contributed by atoms with E-state index >= 15 is 0 Å². The molecule has 1 unspecified atom stereocenters. The second-order valence-corrected chi connectivity index (χ2v) is 6.93. The SMILES string of the molecule is COC(=O)C1=C(C)N=C2SC(C)=C(C)N2C1c1cccc([N+](=O)[O-])c1. The Hall–Kier alpha value is -2.61. The third-order valence-electron chi connectivity index (χ3n) is 4.31. The van der Waals surface area contributed by atoms with Crippen LogP contribution in [0.3, 0.4) is 0 Å². The van der Waals surface area contributed by atoms with Crippen LogP contribution in [0.5, 0.6) is 0 Å². The molecule has 3 rings (SSSR count). The van der Waals surface area contributed by atoms with E-state index in [0.717, 1.165) is 15.8 Å². The molecule has 2 heterocycles. The first-order valence-corrected chi connectivity index (χ1v) is 8.43. The van der Waals surface area contributed by atoms with Crippen LogP contribution >= 0.6 is 11.8 Å². The first kappa shape index (κ1) is 17.2. The molecule has 7 nitrogen and oxygen atoms in total. The largest absolute Gasteiger partial charge is 0.466 e. The van der Waals surface area contributed by atoms with E-state index in [1.165, 1.54) is 31.0 Å². The monoisotopic (exact) mass is 359 g/mol. The van der Waals surface area contributed by atoms with Crippen LogP contribution in [0.15, 0.2) is 51.1 Å². The summed E-state index contributed by atoms with van der Waals surface area (Å²) in [5, 5.41) is 11.9. The lowest BCUT2D eigenvalue weighted by molar-refractivity contribution is -0.384. The number of esters is 1. The van der Waals surface area contributed by atoms with Crippen molar-refractivity contribution in [1.82, 2.24) is 4.90 Å². The van der Waals surface area contributed by atoms with Gasteiger partial charge in [-0.1, -0.05) is 23.9 Å². The molecule has 1 atom stereocenters. The molecular formula is C17H17N3O4S. The molecule has 0 radical (unpaired) electrons. The fourth-order valence-corrected chi connectivity index (χ4v) is 4.02. The Bertz CT molecular complexity index is 872. The van der Waals surface area contributed by atoms with Crippen molar-refractivity contribution >= 4 is 28.6 Å². The fourth-order valence-electron chi connectivity index (χ4n) is 2.98. The number of aliphatic imine (C=N–C) groups is 1. The van der Waals surface area contributed by atoms with Gasteiger partial charge in [0.05, 0.1) is 29.3 Å². The predicted octanol–water partition coefficient (Wildman–Crippen LogP) is 3.75. The lowest BCUT2D eigenvalue weighted by atomic mass is 9.94. The van der Waals surface area contributed by atoms with Crippen LogP contribution in [0, 0.1) is 10.1 Å². The van der Waals surface area contributed by atoms with Crippen LogP contribution in [0.25, 0.3) is 0 Å². The number of methoxy groups -OCH3 is 1. The Kier molecular flexibility index (Phi) is 4.38. The number of carbonyl (C=O) groups excluding carboxylic acids is 1. The summed E-state index contributed by atoms with van der Waals surface area (Å²) in [6, 6.07) is 5.82. The number of hydrogen-bond donors (Lipinski definition) is 0. The highest BCUT2D eigenvalue weighted by Crippen LogP contribution is 2.46. The van der Waals surface area contributed by atoms with Gasteiger partial charge in [0.15, 0.2) is 5.17 Å². The van der Waals surface area contributed by atoms with Crippen LogP contribution in [0.1, 0.15) is 32.4 Å². The maximum absolute atomic E-state index is 12.4. The van der Waals surface area contributed by atoms with E-state index in [2.05, 4.69) is 4.99 Å². The molecule has 0 aliphatic carbocycles. The quantitative estimate of drug-likeness (QED) is 0.464. The van der Waals surface area contributed by atoms with Gasteiger partial charge in [-0.2, -0.15) is 0 Å². The number of amidine groups is 1. The van der Waals surface area contributed by atoms with Crippen LogP contribution < -0.4 is 0 Å². The number of carbonyl (C=O) groups is 1. The molecule has 25 heavy (non-hydrogen) atoms. The Morgan fingerprint density at radius 2 is 2.08 bits per heavy atom. The van der Waals surface area contributed by atoms with Gasteiger partial charge in [0.25, 0.3) is 5.69 Å². The third kappa shape index (κ3) is 2.82. The lowest BCUT2D eigenvalue weighted by Crippen LogP contribution is -2.35. The van der Waals surface area contributed by atoms with Gasteiger partial charge in [0, 0.05) is 22.7 Å². The van der Waals surface area contributed by atoms with Crippen LogP contribution in [-0.2, 0) is 9.53 Å². The average molecular weight is 359 g/mol. The Balaban J connectivity index is 2.21. The van der Waals surface area contributed by atoms with Crippen LogP contribution in [0.4, 0.5) is 5.69 Å². The van der Waals surface area contributed by atoms with E-state index in [0.29, 0.717) is 16.8 Å². The van der Waals surface area contributed by atoms with Gasteiger partial charge in [-0.25, -0.2) is 9.79 Å². The Morgan fingerprint density at radius 3 is 2.72 bits per heavy atom. The minimum Gasteiger partial charge on any atom is -0.466 e. The van der Waals surface area contributed by atoms with Gasteiger partial charge in [-0.3, -0.25) is 10.1 Å². The smallest absolute Gasteiger partial charge is 0.338 e. The summed E-state index contributed by atoms with van der Waals surface area (Å²) in [4.78, 5) is 30.7. The summed E-state index contributed by atoms with van der Waals surface area (Å²) in [6.45, 7) is 5.69. The molecule has 0 aromatic heterocycles. The number of fused-ring (bicyclic) bond motifs is 1. The predicted molar refractivity (Wildman–Crippen MR) is 95.8 cm³/mol. The number of nitrogens with zero attached hydrogens (tertiary/aromatic N) is 3. The summed E-state index contributed by atoms with van der Waals surface area (Å²) in [6.07, 6.45) is 0. The molecule has 2 aliphatic heterocycles. The molecular weight excluding hydrogens is 342 g/mol. The first-order chi connectivity index (χ1) is 11.8. The van der Waals surface area contributed by atoms with Gasteiger partial charge in [-0.15, -0.1) is 0 Å². The molecule has 130 valence electrons. The molecule has 1 aromatic carbocycles. The summed E-state index contributed by atoms with van der Waals surface area (Å²) in [5.74, 6) is -0.487. The zero-order valence-corrected chi connectivity index (χ0v) is 15.1. The van der Waals surface area contributed by atoms with Crippen molar-refractivity contribution < 1.29 is 14.5 Å². The maximum Gasteiger partial charge on any atom is 0.338 e. The summed E-state index contributed by atoms with van der Waals surface area (Å²) < 4.78 is 4.95. The Labute approximate surface area is 149 Å². The Morgan fingerprint density at radius 1 is 1.36 bits per heavy atom. The van der Waals surface area contributed by atoms with Gasteiger partial charge < -0.3 is 9.64 Å². The topological polar surface area (TPSA) is 85.0 Å². The third-order valence-corrected chi connectivity index (χ3v) is 5.38. The molecule has 0 N–H and O–H groups in total. The fraction of sp³-hybridized carbons (Fsp3) is 0.294. The summed E-state index contributed by atoms with van der Waals surface area (Å²) in [5.41, 5.74) is 2.55.